The van der Waals surface area contributed by atoms with Gasteiger partial charge in [-0.3, -0.25) is 9.69 Å². The summed E-state index contributed by atoms with van der Waals surface area (Å²) >= 11 is 0. The average Bonchev–Trinajstić information content (AvgIpc) is 3.06. The zero-order chi connectivity index (χ0) is 16.4. The number of nitrogens with one attached hydrogen (secondary N) is 1. The summed E-state index contributed by atoms with van der Waals surface area (Å²) < 4.78 is 0. The van der Waals surface area contributed by atoms with E-state index < -0.39 is 0 Å². The summed E-state index contributed by atoms with van der Waals surface area (Å²) in [5, 5.41) is 1.17. The molecule has 0 spiro atoms. The quantitative estimate of drug-likeness (QED) is 0.941. The van der Waals surface area contributed by atoms with Crippen LogP contribution in [0.5, 0.6) is 0 Å². The molecule has 4 nitrogen and oxygen atoms in total. The van der Waals surface area contributed by atoms with Crippen LogP contribution in [-0.4, -0.2) is 52.9 Å². The van der Waals surface area contributed by atoms with E-state index in [1.165, 1.54) is 37.5 Å². The largest absolute Gasteiger partial charge is 0.361 e. The van der Waals surface area contributed by atoms with Crippen molar-refractivity contribution >= 4 is 16.8 Å². The molecule has 1 aromatic carbocycles. The van der Waals surface area contributed by atoms with E-state index in [4.69, 9.17) is 0 Å². The Morgan fingerprint density at radius 1 is 1.04 bits per heavy atom. The van der Waals surface area contributed by atoms with Gasteiger partial charge in [0, 0.05) is 49.3 Å². The molecule has 1 N–H and O–H groups in total. The van der Waals surface area contributed by atoms with Gasteiger partial charge in [0.15, 0.2) is 0 Å². The molecule has 2 fully saturated rings. The number of rotatable bonds is 3. The van der Waals surface area contributed by atoms with Crippen LogP contribution < -0.4 is 0 Å². The predicted molar refractivity (Wildman–Crippen MR) is 97.0 cm³/mol. The van der Waals surface area contributed by atoms with Crippen LogP contribution in [0.3, 0.4) is 0 Å². The minimum absolute atomic E-state index is 0.267. The summed E-state index contributed by atoms with van der Waals surface area (Å²) in [7, 11) is 0. The minimum Gasteiger partial charge on any atom is -0.361 e. The van der Waals surface area contributed by atoms with E-state index in [2.05, 4.69) is 26.9 Å². The molecule has 1 aliphatic heterocycles. The summed E-state index contributed by atoms with van der Waals surface area (Å²) in [6, 6.07) is 8.98. The topological polar surface area (TPSA) is 39.3 Å². The van der Waals surface area contributed by atoms with E-state index in [0.29, 0.717) is 6.42 Å². The number of hydrogen-bond acceptors (Lipinski definition) is 2. The van der Waals surface area contributed by atoms with Gasteiger partial charge in [-0.1, -0.05) is 37.5 Å². The lowest BCUT2D eigenvalue weighted by atomic mass is 9.94. The van der Waals surface area contributed by atoms with Crippen LogP contribution in [0.15, 0.2) is 30.5 Å². The smallest absolute Gasteiger partial charge is 0.227 e. The minimum atomic E-state index is 0.267. The highest BCUT2D eigenvalue weighted by Gasteiger charge is 2.27. The van der Waals surface area contributed by atoms with Gasteiger partial charge < -0.3 is 9.88 Å². The molecule has 24 heavy (non-hydrogen) atoms. The lowest BCUT2D eigenvalue weighted by Crippen LogP contribution is -2.52. The number of benzene rings is 1. The summed E-state index contributed by atoms with van der Waals surface area (Å²) in [5.74, 6) is 0.267. The number of aromatic nitrogens is 1. The summed E-state index contributed by atoms with van der Waals surface area (Å²) in [5.41, 5.74) is 2.23. The lowest BCUT2D eigenvalue weighted by molar-refractivity contribution is -0.132. The molecule has 1 aliphatic carbocycles. The third-order valence-corrected chi connectivity index (χ3v) is 5.77. The maximum atomic E-state index is 12.7. The molecule has 128 valence electrons. The monoisotopic (exact) mass is 325 g/mol. The molecule has 1 aromatic heterocycles. The second-order valence-corrected chi connectivity index (χ2v) is 7.24. The Morgan fingerprint density at radius 2 is 1.79 bits per heavy atom. The van der Waals surface area contributed by atoms with Crippen molar-refractivity contribution in [1.29, 1.82) is 0 Å². The normalized spacial score (nSPS) is 20.6. The molecule has 1 saturated carbocycles. The molecule has 1 amide bonds. The first-order valence-corrected chi connectivity index (χ1v) is 9.38. The van der Waals surface area contributed by atoms with Gasteiger partial charge in [0.1, 0.15) is 0 Å². The highest BCUT2D eigenvalue weighted by molar-refractivity contribution is 5.88. The molecular formula is C20H27N3O. The van der Waals surface area contributed by atoms with E-state index in [1.54, 1.807) is 0 Å². The van der Waals surface area contributed by atoms with Crippen molar-refractivity contribution in [3.63, 3.8) is 0 Å². The Balaban J connectivity index is 1.34. The van der Waals surface area contributed by atoms with E-state index in [1.807, 2.05) is 18.3 Å². The fourth-order valence-electron chi connectivity index (χ4n) is 4.34. The molecular weight excluding hydrogens is 298 g/mol. The molecule has 4 heteroatoms. The summed E-state index contributed by atoms with van der Waals surface area (Å²) in [6.07, 6.45) is 9.36. The molecule has 0 unspecified atom stereocenters. The lowest BCUT2D eigenvalue weighted by Gasteiger charge is -2.40. The molecule has 0 radical (unpaired) electrons. The van der Waals surface area contributed by atoms with Crippen molar-refractivity contribution in [3.8, 4) is 0 Å². The van der Waals surface area contributed by atoms with Crippen LogP contribution in [0.2, 0.25) is 0 Å². The number of aromatic amines is 1. The third-order valence-electron chi connectivity index (χ3n) is 5.77. The van der Waals surface area contributed by atoms with Crippen LogP contribution >= 0.6 is 0 Å². The first-order valence-electron chi connectivity index (χ1n) is 9.38. The van der Waals surface area contributed by atoms with E-state index >= 15 is 0 Å². The van der Waals surface area contributed by atoms with Gasteiger partial charge >= 0.3 is 0 Å². The molecule has 4 rings (SSSR count). The van der Waals surface area contributed by atoms with Crippen LogP contribution in [0, 0.1) is 0 Å². The number of nitrogens with zero attached hydrogens (tertiary/aromatic N) is 2. The maximum Gasteiger partial charge on any atom is 0.227 e. The molecule has 2 aromatic rings. The Hall–Kier alpha value is -1.81. The zero-order valence-electron chi connectivity index (χ0n) is 14.3. The molecule has 0 bridgehead atoms. The van der Waals surface area contributed by atoms with Crippen LogP contribution in [0.25, 0.3) is 10.9 Å². The SMILES string of the molecule is O=C(Cc1c[nH]c2ccccc12)N1CCN(C2CCCCC2)CC1. The van der Waals surface area contributed by atoms with Crippen LogP contribution in [0.4, 0.5) is 0 Å². The van der Waals surface area contributed by atoms with E-state index in [9.17, 15) is 4.79 Å². The number of H-pyrrole nitrogens is 1. The van der Waals surface area contributed by atoms with Gasteiger partial charge in [-0.25, -0.2) is 0 Å². The highest BCUT2D eigenvalue weighted by Crippen LogP contribution is 2.24. The number of piperazine rings is 1. The molecule has 1 saturated heterocycles. The second kappa shape index (κ2) is 6.98. The molecule has 2 aliphatic rings. The van der Waals surface area contributed by atoms with Gasteiger partial charge in [-0.05, 0) is 24.5 Å². The van der Waals surface area contributed by atoms with E-state index in [0.717, 1.165) is 43.3 Å². The Bertz CT molecular complexity index is 694. The summed E-state index contributed by atoms with van der Waals surface area (Å²) in [6.45, 7) is 3.87. The van der Waals surface area contributed by atoms with Gasteiger partial charge in [-0.2, -0.15) is 0 Å². The number of para-hydroxylation sites is 1. The maximum absolute atomic E-state index is 12.7. The van der Waals surface area contributed by atoms with E-state index in [-0.39, 0.29) is 5.91 Å². The third kappa shape index (κ3) is 3.20. The van der Waals surface area contributed by atoms with Crippen LogP contribution in [0.1, 0.15) is 37.7 Å². The Morgan fingerprint density at radius 3 is 2.58 bits per heavy atom. The highest BCUT2D eigenvalue weighted by atomic mass is 16.2. The van der Waals surface area contributed by atoms with Gasteiger partial charge in [0.2, 0.25) is 5.91 Å². The number of hydrogen-bond donors (Lipinski definition) is 1. The number of carbonyl (C=O) groups is 1. The van der Waals surface area contributed by atoms with Crippen molar-refractivity contribution in [3.05, 3.63) is 36.0 Å². The Labute approximate surface area is 143 Å². The van der Waals surface area contributed by atoms with Crippen molar-refractivity contribution in [1.82, 2.24) is 14.8 Å². The zero-order valence-corrected chi connectivity index (χ0v) is 14.3. The van der Waals surface area contributed by atoms with Crippen molar-refractivity contribution in [2.24, 2.45) is 0 Å². The first-order chi connectivity index (χ1) is 11.8. The van der Waals surface area contributed by atoms with Gasteiger partial charge in [-0.15, -0.1) is 0 Å². The molecule has 2 heterocycles. The second-order valence-electron chi connectivity index (χ2n) is 7.24. The molecule has 0 atom stereocenters. The standard InChI is InChI=1S/C20H27N3O/c24-20(14-16-15-21-19-9-5-4-8-18(16)19)23-12-10-22(11-13-23)17-6-2-1-3-7-17/h4-5,8-9,15,17,21H,1-3,6-7,10-14H2. The van der Waals surface area contributed by atoms with Crippen LogP contribution in [-0.2, 0) is 11.2 Å². The average molecular weight is 325 g/mol. The summed E-state index contributed by atoms with van der Waals surface area (Å²) in [4.78, 5) is 20.6. The number of fused-ring (bicyclic) bond motifs is 1. The van der Waals surface area contributed by atoms with Gasteiger partial charge in [0.05, 0.1) is 6.42 Å². The fraction of sp³-hybridized carbons (Fsp3) is 0.550. The number of carbonyl (C=O) groups excluding carboxylic acids is 1. The fourth-order valence-corrected chi connectivity index (χ4v) is 4.34. The van der Waals surface area contributed by atoms with Crippen molar-refractivity contribution < 1.29 is 4.79 Å². The number of amides is 1. The van der Waals surface area contributed by atoms with Crippen molar-refractivity contribution in [2.45, 2.75) is 44.6 Å². The predicted octanol–water partition coefficient (Wildman–Crippen LogP) is 3.19. The van der Waals surface area contributed by atoms with Gasteiger partial charge in [0.25, 0.3) is 0 Å². The Kier molecular flexibility index (Phi) is 4.56. The first kappa shape index (κ1) is 15.7. The van der Waals surface area contributed by atoms with Crippen molar-refractivity contribution in [2.75, 3.05) is 26.2 Å².